The van der Waals surface area contributed by atoms with Crippen LogP contribution in [0.4, 0.5) is 32.3 Å². The van der Waals surface area contributed by atoms with Crippen molar-refractivity contribution in [2.24, 2.45) is 0 Å². The Morgan fingerprint density at radius 2 is 1.53 bits per heavy atom. The summed E-state index contributed by atoms with van der Waals surface area (Å²) < 4.78 is 101. The molecule has 172 valence electrons. The number of aromatic amines is 1. The van der Waals surface area contributed by atoms with E-state index < -0.39 is 48.9 Å². The molecule has 0 aliphatic heterocycles. The van der Waals surface area contributed by atoms with E-state index in [1.54, 1.807) is 0 Å². The van der Waals surface area contributed by atoms with Crippen molar-refractivity contribution < 1.29 is 39.6 Å². The van der Waals surface area contributed by atoms with Crippen LogP contribution in [-0.2, 0) is 27.0 Å². The quantitative estimate of drug-likeness (QED) is 0.527. The number of aromatic nitrogens is 2. The van der Waals surface area contributed by atoms with Crippen LogP contribution in [0.2, 0.25) is 0 Å². The molecule has 0 unspecified atom stereocenters. The van der Waals surface area contributed by atoms with E-state index in [9.17, 15) is 39.6 Å². The predicted octanol–water partition coefficient (Wildman–Crippen LogP) is 4.79. The Labute approximate surface area is 177 Å². The van der Waals surface area contributed by atoms with Gasteiger partial charge in [-0.2, -0.15) is 26.3 Å². The van der Waals surface area contributed by atoms with Crippen LogP contribution in [0.5, 0.6) is 0 Å². The van der Waals surface area contributed by atoms with Gasteiger partial charge in [0.2, 0.25) is 11.9 Å². The second-order valence-electron chi connectivity index (χ2n) is 7.31. The number of halogens is 6. The molecular formula is C19H15F6N3O3S. The second kappa shape index (κ2) is 7.50. The summed E-state index contributed by atoms with van der Waals surface area (Å²) in [5.74, 6) is -1.47. The minimum absolute atomic E-state index is 0.0614. The van der Waals surface area contributed by atoms with Gasteiger partial charge in [-0.1, -0.05) is 6.07 Å². The molecule has 13 heteroatoms. The van der Waals surface area contributed by atoms with E-state index in [4.69, 9.17) is 0 Å². The van der Waals surface area contributed by atoms with Crippen molar-refractivity contribution in [1.29, 1.82) is 0 Å². The highest BCUT2D eigenvalue weighted by Gasteiger charge is 2.44. The molecule has 0 bridgehead atoms. The topological polar surface area (TPSA) is 91.9 Å². The summed E-state index contributed by atoms with van der Waals surface area (Å²) in [4.78, 5) is 18.3. The summed E-state index contributed by atoms with van der Waals surface area (Å²) in [6.07, 6.45) is -9.40. The average molecular weight is 479 g/mol. The molecule has 3 aromatic rings. The first-order valence-electron chi connectivity index (χ1n) is 8.84. The van der Waals surface area contributed by atoms with Gasteiger partial charge in [0.15, 0.2) is 9.84 Å². The SMILES string of the molecule is CC(C)(C(=O)Nc1nc2ccc(C(F)(F)F)cc2[nH]1)S(=O)(=O)c1cccc(C(F)(F)F)c1. The van der Waals surface area contributed by atoms with Gasteiger partial charge < -0.3 is 4.98 Å². The van der Waals surface area contributed by atoms with E-state index in [1.807, 2.05) is 0 Å². The molecule has 1 aromatic heterocycles. The number of H-pyrrole nitrogens is 1. The number of anilines is 1. The van der Waals surface area contributed by atoms with Gasteiger partial charge in [-0.15, -0.1) is 0 Å². The molecule has 0 aliphatic carbocycles. The van der Waals surface area contributed by atoms with E-state index in [1.165, 1.54) is 0 Å². The third-order valence-electron chi connectivity index (χ3n) is 4.73. The van der Waals surface area contributed by atoms with Crippen LogP contribution in [0, 0.1) is 0 Å². The van der Waals surface area contributed by atoms with Gasteiger partial charge in [0.1, 0.15) is 4.75 Å². The number of nitrogens with zero attached hydrogens (tertiary/aromatic N) is 1. The van der Waals surface area contributed by atoms with Crippen LogP contribution in [0.15, 0.2) is 47.4 Å². The Balaban J connectivity index is 1.91. The first-order valence-corrected chi connectivity index (χ1v) is 10.3. The molecule has 2 N–H and O–H groups in total. The Morgan fingerprint density at radius 3 is 2.12 bits per heavy atom. The number of amides is 1. The van der Waals surface area contributed by atoms with E-state index >= 15 is 0 Å². The summed E-state index contributed by atoms with van der Waals surface area (Å²) in [5, 5.41) is 2.16. The molecule has 32 heavy (non-hydrogen) atoms. The highest BCUT2D eigenvalue weighted by molar-refractivity contribution is 7.93. The number of fused-ring (bicyclic) bond motifs is 1. The van der Waals surface area contributed by atoms with Gasteiger partial charge in [0.05, 0.1) is 27.1 Å². The first-order chi connectivity index (χ1) is 14.5. The highest BCUT2D eigenvalue weighted by atomic mass is 32.2. The van der Waals surface area contributed by atoms with E-state index in [2.05, 4.69) is 15.3 Å². The molecule has 0 spiro atoms. The molecule has 2 aromatic carbocycles. The third kappa shape index (κ3) is 4.29. The number of benzene rings is 2. The van der Waals surface area contributed by atoms with Crippen molar-refractivity contribution in [3.05, 3.63) is 53.6 Å². The molecule has 0 saturated heterocycles. The monoisotopic (exact) mass is 479 g/mol. The molecule has 1 amide bonds. The summed E-state index contributed by atoms with van der Waals surface area (Å²) in [7, 11) is -4.60. The number of carbonyl (C=O) groups excluding carboxylic acids is 1. The molecule has 0 saturated carbocycles. The molecule has 6 nitrogen and oxygen atoms in total. The zero-order valence-electron chi connectivity index (χ0n) is 16.4. The lowest BCUT2D eigenvalue weighted by atomic mass is 10.2. The lowest BCUT2D eigenvalue weighted by molar-refractivity contribution is -0.138. The number of nitrogens with one attached hydrogen (secondary N) is 2. The van der Waals surface area contributed by atoms with Crippen LogP contribution in [0.3, 0.4) is 0 Å². The maximum atomic E-state index is 12.9. The van der Waals surface area contributed by atoms with Gasteiger partial charge in [-0.25, -0.2) is 13.4 Å². The fourth-order valence-corrected chi connectivity index (χ4v) is 4.18. The Kier molecular flexibility index (Phi) is 5.52. The minimum Gasteiger partial charge on any atom is -0.324 e. The van der Waals surface area contributed by atoms with Crippen LogP contribution in [0.25, 0.3) is 11.0 Å². The van der Waals surface area contributed by atoms with E-state index in [-0.39, 0.29) is 17.0 Å². The van der Waals surface area contributed by atoms with Crippen molar-refractivity contribution in [2.75, 3.05) is 5.32 Å². The number of imidazole rings is 1. The van der Waals surface area contributed by atoms with E-state index in [0.29, 0.717) is 12.1 Å². The summed E-state index contributed by atoms with van der Waals surface area (Å²) in [6, 6.07) is 5.56. The smallest absolute Gasteiger partial charge is 0.324 e. The highest BCUT2D eigenvalue weighted by Crippen LogP contribution is 2.34. The lowest BCUT2D eigenvalue weighted by Crippen LogP contribution is -2.44. The number of alkyl halides is 6. The molecule has 0 atom stereocenters. The lowest BCUT2D eigenvalue weighted by Gasteiger charge is -2.23. The molecule has 0 fully saturated rings. The maximum Gasteiger partial charge on any atom is 0.416 e. The molecule has 0 radical (unpaired) electrons. The maximum absolute atomic E-state index is 12.9. The summed E-state index contributed by atoms with van der Waals surface area (Å²) in [5.41, 5.74) is -2.15. The molecule has 1 heterocycles. The largest absolute Gasteiger partial charge is 0.416 e. The predicted molar refractivity (Wildman–Crippen MR) is 102 cm³/mol. The van der Waals surface area contributed by atoms with Crippen LogP contribution in [-0.4, -0.2) is 29.0 Å². The van der Waals surface area contributed by atoms with Crippen LogP contribution in [0.1, 0.15) is 25.0 Å². The van der Waals surface area contributed by atoms with Gasteiger partial charge in [-0.3, -0.25) is 10.1 Å². The normalized spacial score (nSPS) is 13.4. The number of rotatable bonds is 4. The zero-order valence-corrected chi connectivity index (χ0v) is 17.2. The molecular weight excluding hydrogens is 464 g/mol. The molecule has 0 aliphatic rings. The second-order valence-corrected chi connectivity index (χ2v) is 9.81. The Hall–Kier alpha value is -3.09. The standard InChI is InChI=1S/C19H15F6N3O3S/c1-17(2,32(30,31)12-5-3-4-10(8-12)18(20,21)22)15(29)28-16-26-13-7-6-11(19(23,24)25)9-14(13)27-16/h3-9H,1-2H3,(H2,26,27,28,29). The van der Waals surface area contributed by atoms with Crippen LogP contribution >= 0.6 is 0 Å². The van der Waals surface area contributed by atoms with Crippen molar-refractivity contribution in [2.45, 2.75) is 35.8 Å². The Bertz CT molecular complexity index is 1290. The number of hydrogen-bond acceptors (Lipinski definition) is 4. The summed E-state index contributed by atoms with van der Waals surface area (Å²) in [6.45, 7) is 1.98. The van der Waals surface area contributed by atoms with Crippen molar-refractivity contribution >= 4 is 32.7 Å². The van der Waals surface area contributed by atoms with Crippen molar-refractivity contribution in [1.82, 2.24) is 9.97 Å². The fourth-order valence-electron chi connectivity index (χ4n) is 2.76. The summed E-state index contributed by atoms with van der Waals surface area (Å²) >= 11 is 0. The van der Waals surface area contributed by atoms with Gasteiger partial charge >= 0.3 is 12.4 Å². The first kappa shape index (κ1) is 23.6. The van der Waals surface area contributed by atoms with Gasteiger partial charge in [0.25, 0.3) is 0 Å². The van der Waals surface area contributed by atoms with Gasteiger partial charge in [-0.05, 0) is 50.2 Å². The third-order valence-corrected chi connectivity index (χ3v) is 7.14. The Morgan fingerprint density at radius 1 is 0.938 bits per heavy atom. The number of hydrogen-bond donors (Lipinski definition) is 2. The fraction of sp³-hybridized carbons (Fsp3) is 0.263. The van der Waals surface area contributed by atoms with Crippen LogP contribution < -0.4 is 5.32 Å². The van der Waals surface area contributed by atoms with E-state index in [0.717, 1.165) is 44.2 Å². The minimum atomic E-state index is -4.79. The average Bonchev–Trinajstić information content (AvgIpc) is 3.08. The van der Waals surface area contributed by atoms with Gasteiger partial charge in [0, 0.05) is 0 Å². The van der Waals surface area contributed by atoms with Crippen molar-refractivity contribution in [3.63, 3.8) is 0 Å². The molecule has 3 rings (SSSR count). The number of carbonyl (C=O) groups is 1. The number of sulfone groups is 1. The zero-order chi connectivity index (χ0) is 24.1. The van der Waals surface area contributed by atoms with Crippen molar-refractivity contribution in [3.8, 4) is 0 Å².